The molecular weight excluding hydrogens is 454 g/mol. The van der Waals surface area contributed by atoms with Crippen LogP contribution < -0.4 is 14.3 Å². The van der Waals surface area contributed by atoms with E-state index in [9.17, 15) is 20.1 Å². The van der Waals surface area contributed by atoms with Gasteiger partial charge in [-0.15, -0.1) is 0 Å². The number of fused-ring (bicyclic) bond motifs is 1. The lowest BCUT2D eigenvalue weighted by Crippen LogP contribution is -2.39. The summed E-state index contributed by atoms with van der Waals surface area (Å²) in [6, 6.07) is 11.0. The average molecular weight is 486 g/mol. The molecule has 1 aromatic heterocycles. The van der Waals surface area contributed by atoms with Gasteiger partial charge in [-0.1, -0.05) is 44.2 Å². The number of aliphatic hydroxyl groups is 1. The summed E-state index contributed by atoms with van der Waals surface area (Å²) in [5.41, 5.74) is 1.48. The lowest BCUT2D eigenvalue weighted by molar-refractivity contribution is -0.0145. The minimum atomic E-state index is -0.728. The predicted octanol–water partition coefficient (Wildman–Crippen LogP) is 4.78. The van der Waals surface area contributed by atoms with Gasteiger partial charge in [0, 0.05) is 30.4 Å². The molecule has 34 heavy (non-hydrogen) atoms. The third kappa shape index (κ3) is 5.23. The Morgan fingerprint density at radius 3 is 2.53 bits per heavy atom. The Kier molecular flexibility index (Phi) is 6.40. The van der Waals surface area contributed by atoms with Gasteiger partial charge in [-0.25, -0.2) is 0 Å². The number of nitrogens with one attached hydrogen (secondary N) is 1. The third-order valence-electron chi connectivity index (χ3n) is 6.16. The molecule has 2 unspecified atom stereocenters. The standard InChI is InChI=1S/C26H31NO6S/c1-25(2,3)18-13-21-17(12-19(18)28)20(29)14-26(4,33-21)9-10-32-16-7-5-15(6-8-16)11-22-23(30)27-24(31)34-22/h5-8,12-13,20,28-30H,9-11,14H2,1-4H3,(H,27,31). The van der Waals surface area contributed by atoms with Crippen molar-refractivity contribution in [1.82, 2.24) is 4.98 Å². The van der Waals surface area contributed by atoms with Crippen molar-refractivity contribution in [2.45, 2.75) is 64.1 Å². The van der Waals surface area contributed by atoms with E-state index in [1.54, 1.807) is 6.07 Å². The average Bonchev–Trinajstić information content (AvgIpc) is 3.05. The quantitative estimate of drug-likeness (QED) is 0.400. The van der Waals surface area contributed by atoms with Crippen molar-refractivity contribution in [1.29, 1.82) is 0 Å². The van der Waals surface area contributed by atoms with Gasteiger partial charge in [0.15, 0.2) is 0 Å². The summed E-state index contributed by atoms with van der Waals surface area (Å²) in [6.45, 7) is 8.43. The summed E-state index contributed by atoms with van der Waals surface area (Å²) in [5, 5.41) is 30.9. The maximum Gasteiger partial charge on any atom is 0.307 e. The van der Waals surface area contributed by atoms with E-state index in [-0.39, 0.29) is 21.9 Å². The molecule has 0 saturated carbocycles. The number of hydrogen-bond acceptors (Lipinski definition) is 7. The number of hydrogen-bond donors (Lipinski definition) is 4. The Balaban J connectivity index is 1.38. The lowest BCUT2D eigenvalue weighted by Gasteiger charge is -2.39. The van der Waals surface area contributed by atoms with Crippen LogP contribution in [0.2, 0.25) is 0 Å². The molecule has 8 heteroatoms. The molecule has 0 bridgehead atoms. The summed E-state index contributed by atoms with van der Waals surface area (Å²) in [5.74, 6) is 1.40. The van der Waals surface area contributed by atoms with Crippen LogP contribution in [0.25, 0.3) is 0 Å². The van der Waals surface area contributed by atoms with Crippen LogP contribution in [0.1, 0.15) is 68.2 Å². The summed E-state index contributed by atoms with van der Waals surface area (Å²) in [6.07, 6.45) is 0.709. The first-order valence-corrected chi connectivity index (χ1v) is 12.1. The first-order chi connectivity index (χ1) is 15.9. The summed E-state index contributed by atoms with van der Waals surface area (Å²) in [4.78, 5) is 14.0. The van der Waals surface area contributed by atoms with E-state index in [4.69, 9.17) is 9.47 Å². The molecule has 182 valence electrons. The lowest BCUT2D eigenvalue weighted by atomic mass is 9.82. The molecule has 0 saturated heterocycles. The van der Waals surface area contributed by atoms with Crippen LogP contribution in [0.3, 0.4) is 0 Å². The van der Waals surface area contributed by atoms with Gasteiger partial charge in [0.2, 0.25) is 5.88 Å². The van der Waals surface area contributed by atoms with Crippen molar-refractivity contribution < 1.29 is 24.8 Å². The molecule has 2 heterocycles. The first-order valence-electron chi connectivity index (χ1n) is 11.3. The van der Waals surface area contributed by atoms with Gasteiger partial charge in [0.25, 0.3) is 0 Å². The van der Waals surface area contributed by atoms with Crippen molar-refractivity contribution in [3.63, 3.8) is 0 Å². The van der Waals surface area contributed by atoms with Crippen molar-refractivity contribution in [2.24, 2.45) is 0 Å². The second kappa shape index (κ2) is 9.00. The van der Waals surface area contributed by atoms with E-state index >= 15 is 0 Å². The smallest absolute Gasteiger partial charge is 0.307 e. The second-order valence-electron chi connectivity index (χ2n) is 10.1. The van der Waals surface area contributed by atoms with Crippen LogP contribution in [-0.2, 0) is 11.8 Å². The van der Waals surface area contributed by atoms with Gasteiger partial charge in [0.05, 0.1) is 17.6 Å². The van der Waals surface area contributed by atoms with Crippen LogP contribution >= 0.6 is 11.3 Å². The fourth-order valence-electron chi connectivity index (χ4n) is 4.26. The normalized spacial score (nSPS) is 20.0. The van der Waals surface area contributed by atoms with Crippen LogP contribution in [0.5, 0.6) is 23.1 Å². The number of rotatable bonds is 6. The van der Waals surface area contributed by atoms with E-state index in [1.807, 2.05) is 58.0 Å². The van der Waals surface area contributed by atoms with E-state index in [0.717, 1.165) is 22.5 Å². The zero-order chi connectivity index (χ0) is 24.7. The van der Waals surface area contributed by atoms with Crippen LogP contribution in [0.15, 0.2) is 41.2 Å². The number of phenolic OH excluding ortho intramolecular Hbond substituents is 1. The zero-order valence-corrected chi connectivity index (χ0v) is 20.7. The minimum absolute atomic E-state index is 0.0790. The molecule has 2 atom stereocenters. The highest BCUT2D eigenvalue weighted by atomic mass is 32.1. The van der Waals surface area contributed by atoms with Gasteiger partial charge in [-0.05, 0) is 42.2 Å². The van der Waals surface area contributed by atoms with E-state index in [1.165, 1.54) is 0 Å². The molecule has 0 amide bonds. The largest absolute Gasteiger partial charge is 0.508 e. The van der Waals surface area contributed by atoms with Gasteiger partial charge in [0.1, 0.15) is 22.8 Å². The highest BCUT2D eigenvalue weighted by molar-refractivity contribution is 7.09. The molecule has 4 rings (SSSR count). The number of aromatic amines is 1. The number of thiazole rings is 1. The van der Waals surface area contributed by atoms with Gasteiger partial charge in [-0.3, -0.25) is 9.78 Å². The Hall–Kier alpha value is -2.97. The predicted molar refractivity (Wildman–Crippen MR) is 131 cm³/mol. The fourth-order valence-corrected chi connectivity index (χ4v) is 5.02. The topological polar surface area (TPSA) is 112 Å². The van der Waals surface area contributed by atoms with E-state index in [2.05, 4.69) is 4.98 Å². The minimum Gasteiger partial charge on any atom is -0.508 e. The maximum atomic E-state index is 11.3. The highest BCUT2D eigenvalue weighted by Crippen LogP contribution is 2.45. The van der Waals surface area contributed by atoms with Gasteiger partial charge in [-0.2, -0.15) is 0 Å². The third-order valence-corrected chi connectivity index (χ3v) is 7.04. The van der Waals surface area contributed by atoms with E-state index < -0.39 is 11.7 Å². The Morgan fingerprint density at radius 1 is 1.21 bits per heavy atom. The summed E-state index contributed by atoms with van der Waals surface area (Å²) in [7, 11) is 0. The number of aromatic hydroxyl groups is 2. The van der Waals surface area contributed by atoms with E-state index in [0.29, 0.717) is 47.8 Å². The molecule has 7 nitrogen and oxygen atoms in total. The SMILES string of the molecule is CC1(CCOc2ccc(Cc3sc(=O)[nH]c3O)cc2)CC(O)c2cc(O)c(C(C)(C)C)cc2O1. The molecule has 2 aromatic carbocycles. The van der Waals surface area contributed by atoms with Crippen molar-refractivity contribution in [2.75, 3.05) is 6.61 Å². The molecule has 3 aromatic rings. The van der Waals surface area contributed by atoms with Crippen LogP contribution in [-0.4, -0.2) is 32.5 Å². The molecule has 4 N–H and O–H groups in total. The summed E-state index contributed by atoms with van der Waals surface area (Å²) >= 11 is 1.00. The fraction of sp³-hybridized carbons (Fsp3) is 0.423. The Bertz CT molecular complexity index is 1220. The van der Waals surface area contributed by atoms with Gasteiger partial charge < -0.3 is 24.8 Å². The summed E-state index contributed by atoms with van der Waals surface area (Å²) < 4.78 is 12.2. The molecule has 1 aliphatic rings. The van der Waals surface area contributed by atoms with Crippen LogP contribution in [0.4, 0.5) is 0 Å². The number of aromatic nitrogens is 1. The molecule has 0 spiro atoms. The Morgan fingerprint density at radius 2 is 1.91 bits per heavy atom. The second-order valence-corrected chi connectivity index (χ2v) is 11.2. The van der Waals surface area contributed by atoms with Crippen molar-refractivity contribution >= 4 is 11.3 Å². The number of benzene rings is 2. The molecule has 0 fully saturated rings. The maximum absolute atomic E-state index is 11.3. The first kappa shape index (κ1) is 24.2. The molecule has 1 aliphatic heterocycles. The van der Waals surface area contributed by atoms with Crippen molar-refractivity contribution in [3.8, 4) is 23.1 Å². The van der Waals surface area contributed by atoms with Crippen LogP contribution in [0, 0.1) is 0 Å². The number of aliphatic hydroxyl groups excluding tert-OH is 1. The number of H-pyrrole nitrogens is 1. The Labute approximate surface area is 202 Å². The monoisotopic (exact) mass is 485 g/mol. The number of phenols is 1. The highest BCUT2D eigenvalue weighted by Gasteiger charge is 2.38. The molecule has 0 radical (unpaired) electrons. The van der Waals surface area contributed by atoms with Crippen molar-refractivity contribution in [3.05, 3.63) is 67.6 Å². The van der Waals surface area contributed by atoms with Gasteiger partial charge >= 0.3 is 4.87 Å². The number of ether oxygens (including phenoxy) is 2. The zero-order valence-electron chi connectivity index (χ0n) is 19.8. The molecule has 0 aliphatic carbocycles. The molecular formula is C26H31NO6S.